The number of nitrogens with one attached hydrogen (secondary N) is 1. The molecule has 2 fully saturated rings. The van der Waals surface area contributed by atoms with E-state index in [4.69, 9.17) is 9.47 Å². The molecule has 1 N–H and O–H groups in total. The molecule has 0 amide bonds. The summed E-state index contributed by atoms with van der Waals surface area (Å²) in [5.74, 6) is 1.23. The van der Waals surface area contributed by atoms with Crippen molar-refractivity contribution in [2.24, 2.45) is 0 Å². The molecule has 0 bridgehead atoms. The predicted octanol–water partition coefficient (Wildman–Crippen LogP) is 3.44. The molecular formula is C22H36N2O4S2. The Morgan fingerprint density at radius 1 is 1.23 bits per heavy atom. The van der Waals surface area contributed by atoms with E-state index in [2.05, 4.69) is 17.1 Å². The number of methoxy groups -OCH3 is 1. The summed E-state index contributed by atoms with van der Waals surface area (Å²) in [5, 5.41) is 4.17. The lowest BCUT2D eigenvalue weighted by Gasteiger charge is -2.46. The van der Waals surface area contributed by atoms with Gasteiger partial charge in [0.05, 0.1) is 17.7 Å². The van der Waals surface area contributed by atoms with Gasteiger partial charge in [-0.3, -0.25) is 10.2 Å². The van der Waals surface area contributed by atoms with Gasteiger partial charge in [0.2, 0.25) is 0 Å². The fraction of sp³-hybridized carbons (Fsp3) is 0.727. The van der Waals surface area contributed by atoms with Gasteiger partial charge in [0.15, 0.2) is 9.84 Å². The van der Waals surface area contributed by atoms with Crippen LogP contribution in [0.15, 0.2) is 29.2 Å². The zero-order valence-corrected chi connectivity index (χ0v) is 20.0. The highest BCUT2D eigenvalue weighted by Crippen LogP contribution is 2.31. The second kappa shape index (κ2) is 11.3. The van der Waals surface area contributed by atoms with E-state index in [1.54, 1.807) is 19.2 Å². The van der Waals surface area contributed by atoms with Crippen molar-refractivity contribution >= 4 is 21.6 Å². The van der Waals surface area contributed by atoms with Crippen LogP contribution in [0.2, 0.25) is 0 Å². The second-order valence-corrected chi connectivity index (χ2v) is 11.7. The molecule has 30 heavy (non-hydrogen) atoms. The smallest absolute Gasteiger partial charge is 0.175 e. The van der Waals surface area contributed by atoms with Gasteiger partial charge in [0.1, 0.15) is 12.3 Å². The zero-order chi connectivity index (χ0) is 21.6. The molecule has 1 aromatic carbocycles. The summed E-state index contributed by atoms with van der Waals surface area (Å²) in [6.45, 7) is 4.56. The highest BCUT2D eigenvalue weighted by Gasteiger charge is 2.39. The first-order chi connectivity index (χ1) is 14.4. The van der Waals surface area contributed by atoms with Crippen LogP contribution in [0.3, 0.4) is 0 Å². The van der Waals surface area contributed by atoms with Crippen molar-refractivity contribution < 1.29 is 17.9 Å². The first-order valence-electron chi connectivity index (χ1n) is 11.0. The molecule has 0 spiro atoms. The number of sulfone groups is 1. The van der Waals surface area contributed by atoms with Crippen LogP contribution in [-0.4, -0.2) is 69.7 Å². The van der Waals surface area contributed by atoms with Gasteiger partial charge in [-0.2, -0.15) is 11.8 Å². The van der Waals surface area contributed by atoms with Gasteiger partial charge in [0.25, 0.3) is 0 Å². The Morgan fingerprint density at radius 3 is 2.60 bits per heavy atom. The molecule has 1 aromatic rings. The lowest BCUT2D eigenvalue weighted by Crippen LogP contribution is -2.60. The first-order valence-corrected chi connectivity index (χ1v) is 13.9. The third kappa shape index (κ3) is 6.20. The number of benzene rings is 1. The number of thioether (sulfide) groups is 1. The molecule has 2 aliphatic rings. The van der Waals surface area contributed by atoms with E-state index in [1.165, 1.54) is 31.3 Å². The fourth-order valence-electron chi connectivity index (χ4n) is 4.20. The highest BCUT2D eigenvalue weighted by molar-refractivity contribution is 8.00. The summed E-state index contributed by atoms with van der Waals surface area (Å²) in [6.07, 6.45) is 6.97. The Kier molecular flexibility index (Phi) is 9.04. The third-order valence-electron chi connectivity index (χ3n) is 5.91. The van der Waals surface area contributed by atoms with Crippen LogP contribution in [0.1, 0.15) is 50.8 Å². The number of rotatable bonds is 10. The summed E-state index contributed by atoms with van der Waals surface area (Å²) in [6, 6.07) is 7.23. The van der Waals surface area contributed by atoms with Crippen molar-refractivity contribution in [3.63, 3.8) is 0 Å². The fourth-order valence-corrected chi connectivity index (χ4v) is 6.00. The maximum absolute atomic E-state index is 11.8. The van der Waals surface area contributed by atoms with Crippen molar-refractivity contribution in [2.45, 2.75) is 67.7 Å². The van der Waals surface area contributed by atoms with Crippen molar-refractivity contribution in [3.8, 4) is 0 Å². The van der Waals surface area contributed by atoms with Gasteiger partial charge in [-0.05, 0) is 42.7 Å². The Labute approximate surface area is 186 Å². The van der Waals surface area contributed by atoms with Crippen LogP contribution in [0.25, 0.3) is 0 Å². The average Bonchev–Trinajstić information content (AvgIpc) is 3.25. The lowest BCUT2D eigenvalue weighted by molar-refractivity contribution is -0.174. The van der Waals surface area contributed by atoms with Crippen LogP contribution in [0.4, 0.5) is 0 Å². The van der Waals surface area contributed by atoms with E-state index in [-0.39, 0.29) is 18.5 Å². The minimum absolute atomic E-state index is 0.0249. The van der Waals surface area contributed by atoms with Crippen molar-refractivity contribution in [1.82, 2.24) is 10.2 Å². The SMILES string of the molecule is CCCCCN1C(c2ccc(S(C)(=O)=O)cc2)NCC(OC)C1OCC1CCCS1. The van der Waals surface area contributed by atoms with Gasteiger partial charge >= 0.3 is 0 Å². The first kappa shape index (κ1) is 24.0. The number of hydrogen-bond donors (Lipinski definition) is 1. The van der Waals surface area contributed by atoms with Crippen LogP contribution in [0.5, 0.6) is 0 Å². The normalized spacial score (nSPS) is 28.1. The quantitative estimate of drug-likeness (QED) is 0.541. The third-order valence-corrected chi connectivity index (χ3v) is 8.41. The van der Waals surface area contributed by atoms with Gasteiger partial charge in [-0.25, -0.2) is 8.42 Å². The number of ether oxygens (including phenoxy) is 2. The molecule has 8 heteroatoms. The Bertz CT molecular complexity index is 751. The maximum Gasteiger partial charge on any atom is 0.175 e. The molecule has 0 aromatic heterocycles. The van der Waals surface area contributed by atoms with Gasteiger partial charge in [0, 0.05) is 31.7 Å². The molecule has 2 saturated heterocycles. The van der Waals surface area contributed by atoms with Gasteiger partial charge in [-0.1, -0.05) is 31.9 Å². The number of nitrogens with zero attached hydrogens (tertiary/aromatic N) is 1. The number of hydrogen-bond acceptors (Lipinski definition) is 7. The summed E-state index contributed by atoms with van der Waals surface area (Å²) < 4.78 is 36.0. The van der Waals surface area contributed by atoms with Crippen molar-refractivity contribution in [1.29, 1.82) is 0 Å². The van der Waals surface area contributed by atoms with E-state index in [1.807, 2.05) is 23.9 Å². The minimum Gasteiger partial charge on any atom is -0.376 e. The highest BCUT2D eigenvalue weighted by atomic mass is 32.2. The van der Waals surface area contributed by atoms with E-state index in [0.29, 0.717) is 16.7 Å². The summed E-state index contributed by atoms with van der Waals surface area (Å²) in [5.41, 5.74) is 1.05. The Balaban J connectivity index is 1.80. The van der Waals surface area contributed by atoms with Crippen LogP contribution < -0.4 is 5.32 Å². The van der Waals surface area contributed by atoms with E-state index in [0.717, 1.165) is 31.6 Å². The largest absolute Gasteiger partial charge is 0.376 e. The van der Waals surface area contributed by atoms with Gasteiger partial charge < -0.3 is 9.47 Å². The van der Waals surface area contributed by atoms with E-state index < -0.39 is 9.84 Å². The molecule has 2 heterocycles. The summed E-state index contributed by atoms with van der Waals surface area (Å²) >= 11 is 2.01. The monoisotopic (exact) mass is 456 g/mol. The molecule has 6 nitrogen and oxygen atoms in total. The maximum atomic E-state index is 11.8. The van der Waals surface area contributed by atoms with Gasteiger partial charge in [-0.15, -0.1) is 0 Å². The molecular weight excluding hydrogens is 420 g/mol. The molecule has 0 radical (unpaired) electrons. The summed E-state index contributed by atoms with van der Waals surface area (Å²) in [4.78, 5) is 2.71. The molecule has 4 unspecified atom stereocenters. The lowest BCUT2D eigenvalue weighted by atomic mass is 10.1. The zero-order valence-electron chi connectivity index (χ0n) is 18.4. The number of unbranched alkanes of at least 4 members (excludes halogenated alkanes) is 2. The minimum atomic E-state index is -3.20. The van der Waals surface area contributed by atoms with Crippen LogP contribution in [-0.2, 0) is 19.3 Å². The van der Waals surface area contributed by atoms with Crippen LogP contribution in [0, 0.1) is 0 Å². The van der Waals surface area contributed by atoms with Crippen molar-refractivity contribution in [3.05, 3.63) is 29.8 Å². The van der Waals surface area contributed by atoms with E-state index >= 15 is 0 Å². The summed E-state index contributed by atoms with van der Waals surface area (Å²) in [7, 11) is -1.46. The molecule has 3 rings (SSSR count). The van der Waals surface area contributed by atoms with E-state index in [9.17, 15) is 8.42 Å². The average molecular weight is 457 g/mol. The molecule has 0 saturated carbocycles. The standard InChI is InChI=1S/C22H36N2O4S2/c1-4-5-6-13-24-21(17-9-11-19(12-10-17)30(3,25)26)23-15-20(27-2)22(24)28-16-18-8-7-14-29-18/h9-12,18,20-23H,4-8,13-16H2,1-3H3. The molecule has 2 aliphatic heterocycles. The van der Waals surface area contributed by atoms with Crippen LogP contribution >= 0.6 is 11.8 Å². The molecule has 4 atom stereocenters. The molecule has 170 valence electrons. The topological polar surface area (TPSA) is 67.9 Å². The van der Waals surface area contributed by atoms with Crippen molar-refractivity contribution in [2.75, 3.05) is 38.8 Å². The second-order valence-electron chi connectivity index (χ2n) is 8.23. The molecule has 0 aliphatic carbocycles. The predicted molar refractivity (Wildman–Crippen MR) is 123 cm³/mol. The Morgan fingerprint density at radius 2 is 2.00 bits per heavy atom. The Hall–Kier alpha value is -0.640.